The van der Waals surface area contributed by atoms with Crippen molar-refractivity contribution in [2.24, 2.45) is 0 Å². The Balaban J connectivity index is 1.32. The average molecular weight is 412 g/mol. The number of rotatable bonds is 6. The zero-order valence-electron chi connectivity index (χ0n) is 14.6. The molecule has 0 saturated carbocycles. The largest absolute Gasteiger partial charge is 0.351 e. The number of nitrogens with one attached hydrogen (secondary N) is 1. The fourth-order valence-electron chi connectivity index (χ4n) is 2.61. The number of benzene rings is 1. The van der Waals surface area contributed by atoms with Gasteiger partial charge >= 0.3 is 0 Å². The lowest BCUT2D eigenvalue weighted by atomic mass is 10.2. The first kappa shape index (κ1) is 18.0. The van der Waals surface area contributed by atoms with Gasteiger partial charge in [-0.3, -0.25) is 4.79 Å². The molecule has 4 nitrogen and oxygen atoms in total. The molecule has 0 aliphatic rings. The summed E-state index contributed by atoms with van der Waals surface area (Å²) in [7, 11) is 0. The summed E-state index contributed by atoms with van der Waals surface area (Å²) in [4.78, 5) is 24.3. The lowest BCUT2D eigenvalue weighted by Crippen LogP contribution is -2.24. The summed E-state index contributed by atoms with van der Waals surface area (Å²) in [6.45, 7) is 2.62. The molecule has 1 aromatic carbocycles. The van der Waals surface area contributed by atoms with Gasteiger partial charge in [-0.1, -0.05) is 30.3 Å². The number of nitrogens with zero attached hydrogens (tertiary/aromatic N) is 2. The smallest absolute Gasteiger partial charge is 0.263 e. The summed E-state index contributed by atoms with van der Waals surface area (Å²) in [5.74, 6) is -0.0680. The van der Waals surface area contributed by atoms with Gasteiger partial charge in [-0.05, 0) is 25.5 Å². The van der Waals surface area contributed by atoms with E-state index in [-0.39, 0.29) is 5.91 Å². The lowest BCUT2D eigenvalue weighted by Gasteiger charge is -2.01. The van der Waals surface area contributed by atoms with Crippen LogP contribution in [-0.2, 0) is 6.42 Å². The SMILES string of the molecule is Cc1nc(-c2ccc(CCNC(=O)c3cnc(-c4ccccc4)s3)s2)cs1. The molecule has 0 unspecified atom stereocenters. The second-order valence-electron chi connectivity index (χ2n) is 5.92. The topological polar surface area (TPSA) is 54.9 Å². The molecule has 1 N–H and O–H groups in total. The van der Waals surface area contributed by atoms with Crippen LogP contribution in [0.25, 0.3) is 21.1 Å². The summed E-state index contributed by atoms with van der Waals surface area (Å²) >= 11 is 4.81. The van der Waals surface area contributed by atoms with E-state index in [1.807, 2.05) is 37.3 Å². The number of aromatic nitrogens is 2. The van der Waals surface area contributed by atoms with E-state index >= 15 is 0 Å². The molecule has 1 amide bonds. The molecule has 27 heavy (non-hydrogen) atoms. The van der Waals surface area contributed by atoms with Crippen molar-refractivity contribution < 1.29 is 4.79 Å². The molecule has 0 radical (unpaired) electrons. The second-order valence-corrected chi connectivity index (χ2v) is 9.18. The maximum atomic E-state index is 12.4. The summed E-state index contributed by atoms with van der Waals surface area (Å²) in [5.41, 5.74) is 2.07. The van der Waals surface area contributed by atoms with Crippen molar-refractivity contribution in [1.82, 2.24) is 15.3 Å². The number of carbonyl (C=O) groups is 1. The highest BCUT2D eigenvalue weighted by molar-refractivity contribution is 7.17. The van der Waals surface area contributed by atoms with Crippen molar-refractivity contribution in [3.63, 3.8) is 0 Å². The summed E-state index contributed by atoms with van der Waals surface area (Å²) in [6.07, 6.45) is 2.46. The van der Waals surface area contributed by atoms with E-state index in [1.54, 1.807) is 28.9 Å². The number of amides is 1. The zero-order chi connectivity index (χ0) is 18.6. The van der Waals surface area contributed by atoms with Gasteiger partial charge in [0, 0.05) is 22.4 Å². The van der Waals surface area contributed by atoms with Gasteiger partial charge in [-0.25, -0.2) is 9.97 Å². The number of thiophene rings is 1. The highest BCUT2D eigenvalue weighted by Gasteiger charge is 2.12. The van der Waals surface area contributed by atoms with Crippen LogP contribution in [0.5, 0.6) is 0 Å². The fraction of sp³-hybridized carbons (Fsp3) is 0.150. The van der Waals surface area contributed by atoms with Gasteiger partial charge in [0.2, 0.25) is 0 Å². The Labute approximate surface area is 169 Å². The van der Waals surface area contributed by atoms with E-state index < -0.39 is 0 Å². The van der Waals surface area contributed by atoms with Crippen LogP contribution in [0.3, 0.4) is 0 Å². The molecule has 0 saturated heterocycles. The number of thiazole rings is 2. The van der Waals surface area contributed by atoms with Crippen LogP contribution in [0, 0.1) is 6.92 Å². The van der Waals surface area contributed by atoms with Crippen LogP contribution < -0.4 is 5.32 Å². The van der Waals surface area contributed by atoms with Gasteiger partial charge in [0.15, 0.2) is 0 Å². The van der Waals surface area contributed by atoms with Gasteiger partial charge < -0.3 is 5.32 Å². The molecular weight excluding hydrogens is 394 g/mol. The molecule has 0 aliphatic heterocycles. The molecule has 3 aromatic heterocycles. The predicted octanol–water partition coefficient (Wildman–Crippen LogP) is 5.28. The Morgan fingerprint density at radius 1 is 1.11 bits per heavy atom. The van der Waals surface area contributed by atoms with Crippen LogP contribution in [0.1, 0.15) is 19.6 Å². The molecule has 0 atom stereocenters. The maximum Gasteiger partial charge on any atom is 0.263 e. The summed E-state index contributed by atoms with van der Waals surface area (Å²) in [6, 6.07) is 14.1. The zero-order valence-corrected chi connectivity index (χ0v) is 17.1. The van der Waals surface area contributed by atoms with Gasteiger partial charge in [0.05, 0.1) is 21.8 Å². The number of aryl methyl sites for hydroxylation is 1. The van der Waals surface area contributed by atoms with Crippen LogP contribution in [-0.4, -0.2) is 22.4 Å². The highest BCUT2D eigenvalue weighted by atomic mass is 32.1. The van der Waals surface area contributed by atoms with Crippen LogP contribution in [0.4, 0.5) is 0 Å². The van der Waals surface area contributed by atoms with Crippen LogP contribution >= 0.6 is 34.0 Å². The minimum absolute atomic E-state index is 0.0680. The third-order valence-electron chi connectivity index (χ3n) is 3.94. The minimum Gasteiger partial charge on any atom is -0.351 e. The van der Waals surface area contributed by atoms with Gasteiger partial charge in [-0.15, -0.1) is 34.0 Å². The van der Waals surface area contributed by atoms with Crippen molar-refractivity contribution in [2.75, 3.05) is 6.54 Å². The summed E-state index contributed by atoms with van der Waals surface area (Å²) in [5, 5.41) is 7.01. The quantitative estimate of drug-likeness (QED) is 0.470. The molecule has 4 rings (SSSR count). The summed E-state index contributed by atoms with van der Waals surface area (Å²) < 4.78 is 0. The van der Waals surface area contributed by atoms with E-state index in [4.69, 9.17) is 0 Å². The number of hydrogen-bond donors (Lipinski definition) is 1. The first-order valence-corrected chi connectivity index (χ1v) is 11.0. The number of carbonyl (C=O) groups excluding carboxylic acids is 1. The molecule has 7 heteroatoms. The monoisotopic (exact) mass is 411 g/mol. The standard InChI is InChI=1S/C20H17N3OS3/c1-13-23-16(12-25-13)17-8-7-15(26-17)9-10-21-19(24)18-11-22-20(27-18)14-5-3-2-4-6-14/h2-8,11-12H,9-10H2,1H3,(H,21,24). The fourth-order valence-corrected chi connectivity index (χ4v) is 5.10. The Morgan fingerprint density at radius 2 is 1.96 bits per heavy atom. The molecular formula is C20H17N3OS3. The van der Waals surface area contributed by atoms with E-state index in [1.165, 1.54) is 21.1 Å². The molecule has 4 aromatic rings. The van der Waals surface area contributed by atoms with E-state index in [2.05, 4.69) is 32.8 Å². The van der Waals surface area contributed by atoms with Crippen LogP contribution in [0.15, 0.2) is 54.0 Å². The highest BCUT2D eigenvalue weighted by Crippen LogP contribution is 2.29. The average Bonchev–Trinajstić information content (AvgIpc) is 3.43. The maximum absolute atomic E-state index is 12.4. The van der Waals surface area contributed by atoms with Crippen molar-refractivity contribution in [2.45, 2.75) is 13.3 Å². The second kappa shape index (κ2) is 8.12. The Morgan fingerprint density at radius 3 is 2.74 bits per heavy atom. The first-order valence-electron chi connectivity index (χ1n) is 8.50. The normalized spacial score (nSPS) is 10.9. The lowest BCUT2D eigenvalue weighted by molar-refractivity contribution is 0.0958. The predicted molar refractivity (Wildman–Crippen MR) is 114 cm³/mol. The van der Waals surface area contributed by atoms with E-state index in [0.717, 1.165) is 27.7 Å². The molecule has 3 heterocycles. The van der Waals surface area contributed by atoms with Gasteiger partial charge in [0.1, 0.15) is 9.88 Å². The van der Waals surface area contributed by atoms with Gasteiger partial charge in [0.25, 0.3) is 5.91 Å². The van der Waals surface area contributed by atoms with Crippen molar-refractivity contribution in [3.05, 3.63) is 68.8 Å². The molecule has 136 valence electrons. The van der Waals surface area contributed by atoms with Crippen molar-refractivity contribution in [3.8, 4) is 21.1 Å². The first-order chi connectivity index (χ1) is 13.2. The third-order valence-corrected chi connectivity index (χ3v) is 6.93. The molecule has 0 aliphatic carbocycles. The Kier molecular flexibility index (Phi) is 5.42. The molecule has 0 fully saturated rings. The van der Waals surface area contributed by atoms with Crippen LogP contribution in [0.2, 0.25) is 0 Å². The van der Waals surface area contributed by atoms with E-state index in [0.29, 0.717) is 11.4 Å². The third kappa shape index (κ3) is 4.32. The number of hydrogen-bond acceptors (Lipinski definition) is 6. The Bertz CT molecular complexity index is 1050. The molecule has 0 bridgehead atoms. The Hall–Kier alpha value is -2.35. The van der Waals surface area contributed by atoms with Gasteiger partial charge in [-0.2, -0.15) is 0 Å². The molecule has 0 spiro atoms. The van der Waals surface area contributed by atoms with E-state index in [9.17, 15) is 4.79 Å². The minimum atomic E-state index is -0.0680. The van der Waals surface area contributed by atoms with Crippen molar-refractivity contribution in [1.29, 1.82) is 0 Å². The van der Waals surface area contributed by atoms with Crippen molar-refractivity contribution >= 4 is 39.9 Å².